The summed E-state index contributed by atoms with van der Waals surface area (Å²) in [6, 6.07) is 3.00. The van der Waals surface area contributed by atoms with Crippen LogP contribution >= 0.6 is 11.6 Å². The number of ether oxygens (including phenoxy) is 2. The third kappa shape index (κ3) is 3.68. The summed E-state index contributed by atoms with van der Waals surface area (Å²) in [6.45, 7) is 1.79. The van der Waals surface area contributed by atoms with Crippen LogP contribution in [0.25, 0.3) is 0 Å². The first-order valence-corrected chi connectivity index (χ1v) is 7.38. The molecule has 0 spiro atoms. The minimum absolute atomic E-state index is 0.0428. The second kappa shape index (κ2) is 6.15. The van der Waals surface area contributed by atoms with Crippen molar-refractivity contribution in [3.63, 3.8) is 0 Å². The summed E-state index contributed by atoms with van der Waals surface area (Å²) in [5.74, 6) is 0.772. The minimum Gasteiger partial charge on any atom is -0.495 e. The molecular weight excluding hydrogens is 278 g/mol. The fourth-order valence-corrected chi connectivity index (χ4v) is 2.79. The molecule has 7 heteroatoms. The molecule has 0 saturated heterocycles. The molecule has 0 saturated carbocycles. The van der Waals surface area contributed by atoms with Gasteiger partial charge in [-0.25, -0.2) is 8.42 Å². The van der Waals surface area contributed by atoms with Gasteiger partial charge in [-0.1, -0.05) is 18.5 Å². The van der Waals surface area contributed by atoms with Crippen LogP contribution in [0.5, 0.6) is 11.5 Å². The van der Waals surface area contributed by atoms with E-state index in [0.717, 1.165) is 0 Å². The fourth-order valence-electron chi connectivity index (χ4n) is 1.43. The maximum Gasteiger partial charge on any atom is 0.232 e. The third-order valence-corrected chi connectivity index (χ3v) is 3.98. The molecule has 0 radical (unpaired) electrons. The topological polar surface area (TPSA) is 64.6 Å². The molecule has 0 bridgehead atoms. The number of anilines is 1. The number of rotatable bonds is 6. The van der Waals surface area contributed by atoms with Gasteiger partial charge in [-0.15, -0.1) is 0 Å². The number of sulfonamides is 1. The molecule has 1 aromatic carbocycles. The van der Waals surface area contributed by atoms with E-state index >= 15 is 0 Å². The van der Waals surface area contributed by atoms with Crippen molar-refractivity contribution in [1.82, 2.24) is 0 Å². The monoisotopic (exact) mass is 293 g/mol. The lowest BCUT2D eigenvalue weighted by molar-refractivity contribution is 0.405. The van der Waals surface area contributed by atoms with Gasteiger partial charge >= 0.3 is 0 Å². The van der Waals surface area contributed by atoms with Gasteiger partial charge in [-0.05, 0) is 6.42 Å². The average Bonchev–Trinajstić information content (AvgIpc) is 2.30. The van der Waals surface area contributed by atoms with Gasteiger partial charge in [0.05, 0.1) is 30.7 Å². The lowest BCUT2D eigenvalue weighted by atomic mass is 10.3. The third-order valence-electron chi connectivity index (χ3n) is 2.21. The Kier molecular flexibility index (Phi) is 5.10. The molecule has 1 N–H and O–H groups in total. The molecule has 0 aliphatic carbocycles. The van der Waals surface area contributed by atoms with E-state index in [1.165, 1.54) is 26.4 Å². The van der Waals surface area contributed by atoms with Gasteiger partial charge < -0.3 is 9.47 Å². The molecule has 102 valence electrons. The number of hydrogen-bond acceptors (Lipinski definition) is 4. The van der Waals surface area contributed by atoms with E-state index < -0.39 is 10.0 Å². The van der Waals surface area contributed by atoms with Crippen molar-refractivity contribution in [2.24, 2.45) is 0 Å². The molecule has 0 aliphatic heterocycles. The van der Waals surface area contributed by atoms with Crippen molar-refractivity contribution < 1.29 is 17.9 Å². The minimum atomic E-state index is -3.38. The summed E-state index contributed by atoms with van der Waals surface area (Å²) in [5, 5.41) is 0.354. The van der Waals surface area contributed by atoms with Gasteiger partial charge in [-0.2, -0.15) is 0 Å². The van der Waals surface area contributed by atoms with Crippen molar-refractivity contribution in [3.8, 4) is 11.5 Å². The van der Waals surface area contributed by atoms with E-state index in [2.05, 4.69) is 4.72 Å². The standard InChI is InChI=1S/C11H16ClNO4S/c1-4-5-18(14,15)13-9-7-10(16-2)8(12)6-11(9)17-3/h6-7,13H,4-5H2,1-3H3. The van der Waals surface area contributed by atoms with Crippen molar-refractivity contribution in [3.05, 3.63) is 17.2 Å². The Morgan fingerprint density at radius 1 is 1.22 bits per heavy atom. The Labute approximate surface area is 112 Å². The van der Waals surface area contributed by atoms with E-state index in [1.807, 2.05) is 0 Å². The molecule has 0 aromatic heterocycles. The van der Waals surface area contributed by atoms with Crippen LogP contribution in [0, 0.1) is 0 Å². The average molecular weight is 294 g/mol. The maximum atomic E-state index is 11.7. The predicted molar refractivity (Wildman–Crippen MR) is 72.3 cm³/mol. The zero-order valence-electron chi connectivity index (χ0n) is 10.5. The molecule has 0 fully saturated rings. The highest BCUT2D eigenvalue weighted by molar-refractivity contribution is 7.92. The zero-order chi connectivity index (χ0) is 13.8. The molecule has 18 heavy (non-hydrogen) atoms. The Hall–Kier alpha value is -1.14. The van der Waals surface area contributed by atoms with E-state index in [1.54, 1.807) is 6.92 Å². The van der Waals surface area contributed by atoms with Crippen LogP contribution in [-0.4, -0.2) is 28.4 Å². The first-order valence-electron chi connectivity index (χ1n) is 5.35. The molecular formula is C11H16ClNO4S. The van der Waals surface area contributed by atoms with E-state index in [-0.39, 0.29) is 5.75 Å². The van der Waals surface area contributed by atoms with Gasteiger partial charge in [-0.3, -0.25) is 4.72 Å². The molecule has 0 atom stereocenters. The van der Waals surface area contributed by atoms with Crippen LogP contribution in [0.1, 0.15) is 13.3 Å². The summed E-state index contributed by atoms with van der Waals surface area (Å²) in [6.07, 6.45) is 0.530. The highest BCUT2D eigenvalue weighted by Gasteiger charge is 2.15. The van der Waals surface area contributed by atoms with Gasteiger partial charge in [0.25, 0.3) is 0 Å². The Balaban J connectivity index is 3.15. The number of methoxy groups -OCH3 is 2. The molecule has 0 amide bonds. The Bertz CT molecular complexity index is 516. The van der Waals surface area contributed by atoms with E-state index in [9.17, 15) is 8.42 Å². The normalized spacial score (nSPS) is 11.1. The largest absolute Gasteiger partial charge is 0.495 e. The lowest BCUT2D eigenvalue weighted by Gasteiger charge is -2.13. The summed E-state index contributed by atoms with van der Waals surface area (Å²) in [5.41, 5.74) is 0.312. The van der Waals surface area contributed by atoms with E-state index in [0.29, 0.717) is 28.6 Å². The number of halogens is 1. The van der Waals surface area contributed by atoms with Crippen LogP contribution < -0.4 is 14.2 Å². The molecule has 5 nitrogen and oxygen atoms in total. The van der Waals surface area contributed by atoms with Crippen molar-refractivity contribution >= 4 is 27.3 Å². The quantitative estimate of drug-likeness (QED) is 0.875. The summed E-state index contributed by atoms with van der Waals surface area (Å²) < 4.78 is 36.0. The van der Waals surface area contributed by atoms with Gasteiger partial charge in [0.2, 0.25) is 10.0 Å². The lowest BCUT2D eigenvalue weighted by Crippen LogP contribution is -2.16. The van der Waals surface area contributed by atoms with Crippen molar-refractivity contribution in [2.45, 2.75) is 13.3 Å². The zero-order valence-corrected chi connectivity index (χ0v) is 12.1. The Morgan fingerprint density at radius 3 is 2.33 bits per heavy atom. The SMILES string of the molecule is CCCS(=O)(=O)Nc1cc(OC)c(Cl)cc1OC. The van der Waals surface area contributed by atoms with Gasteiger partial charge in [0.1, 0.15) is 11.5 Å². The Morgan fingerprint density at radius 2 is 1.83 bits per heavy atom. The van der Waals surface area contributed by atoms with Crippen LogP contribution in [0.2, 0.25) is 5.02 Å². The molecule has 0 unspecified atom stereocenters. The molecule has 0 aliphatic rings. The number of benzene rings is 1. The summed E-state index contributed by atoms with van der Waals surface area (Å²) in [4.78, 5) is 0. The summed E-state index contributed by atoms with van der Waals surface area (Å²) in [7, 11) is -0.487. The van der Waals surface area contributed by atoms with Crippen LogP contribution in [0.4, 0.5) is 5.69 Å². The van der Waals surface area contributed by atoms with E-state index in [4.69, 9.17) is 21.1 Å². The fraction of sp³-hybridized carbons (Fsp3) is 0.455. The predicted octanol–water partition coefficient (Wildman–Crippen LogP) is 2.51. The second-order valence-corrected chi connectivity index (χ2v) is 5.86. The van der Waals surface area contributed by atoms with Crippen LogP contribution in [0.15, 0.2) is 12.1 Å². The van der Waals surface area contributed by atoms with Crippen LogP contribution in [-0.2, 0) is 10.0 Å². The van der Waals surface area contributed by atoms with Crippen molar-refractivity contribution in [2.75, 3.05) is 24.7 Å². The second-order valence-electron chi connectivity index (χ2n) is 3.61. The maximum absolute atomic E-state index is 11.7. The summed E-state index contributed by atoms with van der Waals surface area (Å²) >= 11 is 5.93. The number of hydrogen-bond donors (Lipinski definition) is 1. The van der Waals surface area contributed by atoms with Crippen molar-refractivity contribution in [1.29, 1.82) is 0 Å². The highest BCUT2D eigenvalue weighted by atomic mass is 35.5. The van der Waals surface area contributed by atoms with Gasteiger partial charge in [0, 0.05) is 12.1 Å². The molecule has 1 rings (SSSR count). The molecule has 0 heterocycles. The van der Waals surface area contributed by atoms with Gasteiger partial charge in [0.15, 0.2) is 0 Å². The highest BCUT2D eigenvalue weighted by Crippen LogP contribution is 2.36. The first kappa shape index (κ1) is 14.9. The number of nitrogens with one attached hydrogen (secondary N) is 1. The van der Waals surface area contributed by atoms with Crippen LogP contribution in [0.3, 0.4) is 0 Å². The molecule has 1 aromatic rings. The smallest absolute Gasteiger partial charge is 0.232 e. The first-order chi connectivity index (χ1) is 8.43.